The van der Waals surface area contributed by atoms with Crippen molar-refractivity contribution in [2.45, 2.75) is 25.0 Å². The number of nitrogens with zero attached hydrogens (tertiary/aromatic N) is 2. The topological polar surface area (TPSA) is 103 Å². The van der Waals surface area contributed by atoms with Crippen LogP contribution in [-0.4, -0.2) is 45.7 Å². The molecule has 0 aromatic heterocycles. The maximum atomic E-state index is 14.2. The number of nitrogens with one attached hydrogen (secondary N) is 2. The van der Waals surface area contributed by atoms with Gasteiger partial charge in [-0.05, 0) is 30.5 Å². The lowest BCUT2D eigenvalue weighted by Gasteiger charge is -2.17. The van der Waals surface area contributed by atoms with Gasteiger partial charge in [-0.2, -0.15) is 0 Å². The summed E-state index contributed by atoms with van der Waals surface area (Å²) in [5.74, 6) is -2.97. The van der Waals surface area contributed by atoms with Crippen LogP contribution < -0.4 is 10.0 Å². The molecule has 138 valence electrons. The predicted molar refractivity (Wildman–Crippen MR) is 93.6 cm³/mol. The van der Waals surface area contributed by atoms with Crippen molar-refractivity contribution in [3.63, 3.8) is 0 Å². The van der Waals surface area contributed by atoms with Crippen LogP contribution in [0, 0.1) is 11.6 Å². The van der Waals surface area contributed by atoms with Gasteiger partial charge in [0, 0.05) is 30.7 Å². The fraction of sp³-hybridized carbons (Fsp3) is 0.312. The molecular formula is C16H16F2N4O3S. The van der Waals surface area contributed by atoms with Gasteiger partial charge in [0.25, 0.3) is 0 Å². The minimum absolute atomic E-state index is 0.218. The van der Waals surface area contributed by atoms with E-state index < -0.39 is 40.9 Å². The number of rotatable bonds is 7. The van der Waals surface area contributed by atoms with Crippen molar-refractivity contribution in [3.05, 3.63) is 46.7 Å². The van der Waals surface area contributed by atoms with Crippen LogP contribution in [0.1, 0.15) is 22.3 Å². The van der Waals surface area contributed by atoms with Crippen LogP contribution in [-0.2, 0) is 17.7 Å². The van der Waals surface area contributed by atoms with Crippen LogP contribution in [0.15, 0.2) is 33.9 Å². The first-order chi connectivity index (χ1) is 12.5. The summed E-state index contributed by atoms with van der Waals surface area (Å²) in [7, 11) is 0. The lowest BCUT2D eigenvalue weighted by molar-refractivity contribution is 0.102. The Labute approximate surface area is 150 Å². The number of carbonyl (C=O) groups excluding carboxylic acids is 1. The van der Waals surface area contributed by atoms with Gasteiger partial charge in [0.05, 0.1) is 5.56 Å². The van der Waals surface area contributed by atoms with Crippen molar-refractivity contribution in [3.8, 4) is 0 Å². The zero-order valence-electron chi connectivity index (χ0n) is 13.5. The number of ketones is 1. The van der Waals surface area contributed by atoms with E-state index in [-0.39, 0.29) is 17.7 Å². The summed E-state index contributed by atoms with van der Waals surface area (Å²) in [5, 5.41) is 2.89. The second kappa shape index (κ2) is 7.94. The average Bonchev–Trinajstić information content (AvgIpc) is 3.05. The first-order valence-corrected chi connectivity index (χ1v) is 8.96. The molecule has 0 saturated heterocycles. The SMILES string of the molecule is O=C(C1=CNC2N=CC=NC12)c1cc(CCCNS(=O)O)cc(F)c1F. The third kappa shape index (κ3) is 3.92. The Morgan fingerprint density at radius 3 is 2.85 bits per heavy atom. The molecular weight excluding hydrogens is 366 g/mol. The minimum atomic E-state index is -2.13. The molecule has 3 N–H and O–H groups in total. The van der Waals surface area contributed by atoms with E-state index in [1.807, 2.05) is 0 Å². The number of carbonyl (C=O) groups is 1. The maximum absolute atomic E-state index is 14.2. The molecule has 7 nitrogen and oxygen atoms in total. The number of hydrogen-bond donors (Lipinski definition) is 3. The van der Waals surface area contributed by atoms with E-state index >= 15 is 0 Å². The number of halogens is 2. The molecule has 2 aliphatic heterocycles. The second-order valence-corrected chi connectivity index (χ2v) is 6.55. The standard InChI is InChI=1S/C16H16F2N4O3S/c17-12-7-9(2-1-3-22-26(24)25)6-10(13(12)18)15(23)11-8-21-16-14(11)19-4-5-20-16/h4-8,14,16,21-22H,1-3H2,(H,24,25). The summed E-state index contributed by atoms with van der Waals surface area (Å²) in [4.78, 5) is 21.0. The molecule has 1 aromatic carbocycles. The van der Waals surface area contributed by atoms with Crippen LogP contribution in [0.3, 0.4) is 0 Å². The zero-order chi connectivity index (χ0) is 18.7. The van der Waals surface area contributed by atoms with Gasteiger partial charge in [-0.15, -0.1) is 0 Å². The van der Waals surface area contributed by atoms with Gasteiger partial charge in [0.2, 0.25) is 11.3 Å². The van der Waals surface area contributed by atoms with E-state index in [9.17, 15) is 17.8 Å². The molecule has 3 atom stereocenters. The van der Waals surface area contributed by atoms with Gasteiger partial charge in [-0.1, -0.05) is 0 Å². The highest BCUT2D eigenvalue weighted by molar-refractivity contribution is 7.77. The van der Waals surface area contributed by atoms with Crippen LogP contribution >= 0.6 is 0 Å². The molecule has 0 spiro atoms. The Kier molecular flexibility index (Phi) is 5.64. The van der Waals surface area contributed by atoms with E-state index in [1.165, 1.54) is 24.7 Å². The Hall–Kier alpha value is -2.30. The van der Waals surface area contributed by atoms with Crippen molar-refractivity contribution in [2.24, 2.45) is 9.98 Å². The Balaban J connectivity index is 1.78. The molecule has 2 heterocycles. The first kappa shape index (κ1) is 18.5. The normalized spacial score (nSPS) is 21.9. The molecule has 0 bridgehead atoms. The van der Waals surface area contributed by atoms with Gasteiger partial charge in [-0.3, -0.25) is 19.3 Å². The number of aliphatic imine (C=N–C) groups is 2. The van der Waals surface area contributed by atoms with Crippen molar-refractivity contribution in [2.75, 3.05) is 6.54 Å². The summed E-state index contributed by atoms with van der Waals surface area (Å²) in [6, 6.07) is 1.76. The molecule has 0 aliphatic carbocycles. The number of benzene rings is 1. The number of fused-ring (bicyclic) bond motifs is 1. The fourth-order valence-electron chi connectivity index (χ4n) is 2.83. The van der Waals surface area contributed by atoms with Gasteiger partial charge in [0.1, 0.15) is 12.2 Å². The second-order valence-electron chi connectivity index (χ2n) is 5.77. The lowest BCUT2D eigenvalue weighted by atomic mass is 9.95. The van der Waals surface area contributed by atoms with Gasteiger partial charge >= 0.3 is 0 Å². The third-order valence-electron chi connectivity index (χ3n) is 4.05. The van der Waals surface area contributed by atoms with E-state index in [4.69, 9.17) is 4.55 Å². The molecule has 1 aromatic rings. The molecule has 0 radical (unpaired) electrons. The molecule has 10 heteroatoms. The van der Waals surface area contributed by atoms with Gasteiger partial charge < -0.3 is 5.32 Å². The van der Waals surface area contributed by atoms with E-state index in [2.05, 4.69) is 20.0 Å². The van der Waals surface area contributed by atoms with E-state index in [1.54, 1.807) is 0 Å². The third-order valence-corrected chi connectivity index (χ3v) is 4.50. The number of aryl methyl sites for hydroxylation is 1. The van der Waals surface area contributed by atoms with E-state index in [0.717, 1.165) is 6.07 Å². The maximum Gasteiger partial charge on any atom is 0.231 e. The largest absolute Gasteiger partial charge is 0.367 e. The molecule has 3 unspecified atom stereocenters. The van der Waals surface area contributed by atoms with Gasteiger partial charge in [-0.25, -0.2) is 17.7 Å². The zero-order valence-corrected chi connectivity index (χ0v) is 14.3. The molecule has 2 aliphatic rings. The van der Waals surface area contributed by atoms with E-state index in [0.29, 0.717) is 18.4 Å². The van der Waals surface area contributed by atoms with Crippen molar-refractivity contribution >= 4 is 29.5 Å². The van der Waals surface area contributed by atoms with Crippen molar-refractivity contribution in [1.82, 2.24) is 10.0 Å². The first-order valence-electron chi connectivity index (χ1n) is 7.85. The lowest BCUT2D eigenvalue weighted by Crippen LogP contribution is -2.32. The monoisotopic (exact) mass is 382 g/mol. The van der Waals surface area contributed by atoms with Crippen molar-refractivity contribution < 1.29 is 22.3 Å². The molecule has 3 rings (SSSR count). The average molecular weight is 382 g/mol. The number of hydrogen-bond acceptors (Lipinski definition) is 5. The highest BCUT2D eigenvalue weighted by atomic mass is 32.2. The summed E-state index contributed by atoms with van der Waals surface area (Å²) < 4.78 is 49.6. The van der Waals surface area contributed by atoms with Crippen molar-refractivity contribution in [1.29, 1.82) is 0 Å². The number of Topliss-reactive ketones (excluding diaryl/α,β-unsaturated/α-hetero) is 1. The summed E-state index contributed by atoms with van der Waals surface area (Å²) >= 11 is -2.13. The van der Waals surface area contributed by atoms with Crippen LogP contribution in [0.2, 0.25) is 0 Å². The highest BCUT2D eigenvalue weighted by Crippen LogP contribution is 2.26. The Morgan fingerprint density at radius 2 is 2.08 bits per heavy atom. The predicted octanol–water partition coefficient (Wildman–Crippen LogP) is 1.14. The molecule has 0 amide bonds. The summed E-state index contributed by atoms with van der Waals surface area (Å²) in [6.45, 7) is 0.219. The Bertz CT molecular complexity index is 841. The smallest absolute Gasteiger partial charge is 0.231 e. The van der Waals surface area contributed by atoms with Crippen LogP contribution in [0.5, 0.6) is 0 Å². The Morgan fingerprint density at radius 1 is 1.31 bits per heavy atom. The summed E-state index contributed by atoms with van der Waals surface area (Å²) in [5.41, 5.74) is 0.277. The fourth-order valence-corrected chi connectivity index (χ4v) is 3.15. The van der Waals surface area contributed by atoms with Gasteiger partial charge in [0.15, 0.2) is 17.4 Å². The summed E-state index contributed by atoms with van der Waals surface area (Å²) in [6.07, 6.45) is 4.71. The molecule has 0 saturated carbocycles. The minimum Gasteiger partial charge on any atom is -0.367 e. The highest BCUT2D eigenvalue weighted by Gasteiger charge is 2.35. The quantitative estimate of drug-likeness (QED) is 0.374. The molecule has 26 heavy (non-hydrogen) atoms. The molecule has 0 fully saturated rings. The van der Waals surface area contributed by atoms with Crippen LogP contribution in [0.4, 0.5) is 8.78 Å². The van der Waals surface area contributed by atoms with Crippen LogP contribution in [0.25, 0.3) is 0 Å².